The Bertz CT molecular complexity index is 534. The normalized spacial score (nSPS) is 26.2. The van der Waals surface area contributed by atoms with Gasteiger partial charge in [0.2, 0.25) is 0 Å². The second-order valence-electron chi connectivity index (χ2n) is 4.97. The van der Waals surface area contributed by atoms with Crippen molar-refractivity contribution >= 4 is 9.84 Å². The van der Waals surface area contributed by atoms with Gasteiger partial charge >= 0.3 is 0 Å². The van der Waals surface area contributed by atoms with Crippen molar-refractivity contribution in [3.63, 3.8) is 0 Å². The highest BCUT2D eigenvalue weighted by molar-refractivity contribution is 7.92. The summed E-state index contributed by atoms with van der Waals surface area (Å²) in [6.07, 6.45) is 0.565. The van der Waals surface area contributed by atoms with Gasteiger partial charge < -0.3 is 5.73 Å². The fourth-order valence-corrected chi connectivity index (χ4v) is 4.55. The van der Waals surface area contributed by atoms with E-state index in [-0.39, 0.29) is 6.04 Å². The largest absolute Gasteiger partial charge is 0.323 e. The van der Waals surface area contributed by atoms with Crippen molar-refractivity contribution in [3.8, 4) is 0 Å². The van der Waals surface area contributed by atoms with Crippen LogP contribution in [0.5, 0.6) is 0 Å². The molecule has 0 fully saturated rings. The van der Waals surface area contributed by atoms with E-state index in [0.29, 0.717) is 17.2 Å². The minimum atomic E-state index is -3.21. The predicted octanol–water partition coefficient (Wildman–Crippen LogP) is 2.38. The molecule has 0 bridgehead atoms. The summed E-state index contributed by atoms with van der Waals surface area (Å²) in [6, 6.07) is 5.19. The van der Waals surface area contributed by atoms with Crippen LogP contribution in [-0.2, 0) is 9.84 Å². The maximum atomic E-state index is 12.2. The number of nitrogens with two attached hydrogens (primary N) is 1. The second-order valence-corrected chi connectivity index (χ2v) is 7.10. The van der Waals surface area contributed by atoms with Gasteiger partial charge in [0.1, 0.15) is 0 Å². The van der Waals surface area contributed by atoms with Crippen molar-refractivity contribution in [2.24, 2.45) is 5.73 Å². The highest BCUT2D eigenvalue weighted by Crippen LogP contribution is 2.40. The average Bonchev–Trinajstić information content (AvgIpc) is 2.46. The topological polar surface area (TPSA) is 60.2 Å². The Labute approximate surface area is 103 Å². The average molecular weight is 253 g/mol. The number of sulfone groups is 1. The minimum Gasteiger partial charge on any atom is -0.323 e. The van der Waals surface area contributed by atoms with E-state index in [0.717, 1.165) is 11.1 Å². The van der Waals surface area contributed by atoms with Gasteiger partial charge in [-0.05, 0) is 29.5 Å². The van der Waals surface area contributed by atoms with Crippen LogP contribution in [0.4, 0.5) is 0 Å². The molecule has 1 aromatic rings. The van der Waals surface area contributed by atoms with Crippen LogP contribution < -0.4 is 5.73 Å². The molecule has 0 aliphatic carbocycles. The molecule has 2 rings (SSSR count). The van der Waals surface area contributed by atoms with E-state index >= 15 is 0 Å². The van der Waals surface area contributed by atoms with E-state index in [1.54, 1.807) is 6.07 Å². The smallest absolute Gasteiger partial charge is 0.183 e. The second kappa shape index (κ2) is 4.10. The summed E-state index contributed by atoms with van der Waals surface area (Å²) in [6.45, 7) is 6.05. The fraction of sp³-hybridized carbons (Fsp3) is 0.538. The molecule has 1 heterocycles. The molecule has 1 aliphatic rings. The van der Waals surface area contributed by atoms with Crippen LogP contribution in [0, 0.1) is 0 Å². The maximum absolute atomic E-state index is 12.2. The van der Waals surface area contributed by atoms with Gasteiger partial charge in [-0.3, -0.25) is 0 Å². The standard InChI is InChI=1S/C13H19NO2S/c1-4-11-13(14)10-7-9(8(2)3)5-6-12(10)17(11,15)16/h5-8,11,13H,4,14H2,1-3H3. The zero-order valence-electron chi connectivity index (χ0n) is 10.5. The predicted molar refractivity (Wildman–Crippen MR) is 68.7 cm³/mol. The van der Waals surface area contributed by atoms with E-state index in [1.165, 1.54) is 0 Å². The van der Waals surface area contributed by atoms with Gasteiger partial charge in [0.15, 0.2) is 9.84 Å². The Morgan fingerprint density at radius 2 is 2.00 bits per heavy atom. The van der Waals surface area contributed by atoms with Gasteiger partial charge in [-0.15, -0.1) is 0 Å². The number of benzene rings is 1. The van der Waals surface area contributed by atoms with Gasteiger partial charge in [-0.25, -0.2) is 8.42 Å². The summed E-state index contributed by atoms with van der Waals surface area (Å²) in [7, 11) is -3.21. The molecule has 0 saturated carbocycles. The maximum Gasteiger partial charge on any atom is 0.183 e. The van der Waals surface area contributed by atoms with Crippen LogP contribution in [0.15, 0.2) is 23.1 Å². The first-order chi connectivity index (χ1) is 7.89. The van der Waals surface area contributed by atoms with Gasteiger partial charge in [-0.2, -0.15) is 0 Å². The van der Waals surface area contributed by atoms with E-state index in [2.05, 4.69) is 13.8 Å². The number of rotatable bonds is 2. The summed E-state index contributed by atoms with van der Waals surface area (Å²) in [5.41, 5.74) is 8.01. The molecular weight excluding hydrogens is 234 g/mol. The first-order valence-corrected chi connectivity index (χ1v) is 7.57. The summed E-state index contributed by atoms with van der Waals surface area (Å²) in [4.78, 5) is 0.432. The van der Waals surface area contributed by atoms with Crippen LogP contribution in [0.3, 0.4) is 0 Å². The first kappa shape index (κ1) is 12.6. The summed E-state index contributed by atoms with van der Waals surface area (Å²) >= 11 is 0. The van der Waals surface area contributed by atoms with Crippen molar-refractivity contribution in [1.29, 1.82) is 0 Å². The van der Waals surface area contributed by atoms with Gasteiger partial charge in [0, 0.05) is 6.04 Å². The van der Waals surface area contributed by atoms with Gasteiger partial charge in [-0.1, -0.05) is 32.9 Å². The molecule has 0 aromatic heterocycles. The SMILES string of the molecule is CCC1C(N)c2cc(C(C)C)ccc2S1(=O)=O. The molecule has 1 aliphatic heterocycles. The van der Waals surface area contributed by atoms with Crippen LogP contribution >= 0.6 is 0 Å². The van der Waals surface area contributed by atoms with E-state index in [4.69, 9.17) is 5.73 Å². The summed E-state index contributed by atoms with van der Waals surface area (Å²) < 4.78 is 24.5. The number of fused-ring (bicyclic) bond motifs is 1. The van der Waals surface area contributed by atoms with Gasteiger partial charge in [0.25, 0.3) is 0 Å². The van der Waals surface area contributed by atoms with Crippen molar-refractivity contribution in [2.45, 2.75) is 49.3 Å². The zero-order chi connectivity index (χ0) is 12.8. The lowest BCUT2D eigenvalue weighted by molar-refractivity contribution is 0.567. The molecule has 1 aromatic carbocycles. The molecular formula is C13H19NO2S. The van der Waals surface area contributed by atoms with Crippen molar-refractivity contribution in [2.75, 3.05) is 0 Å². The zero-order valence-corrected chi connectivity index (χ0v) is 11.3. The molecule has 2 unspecified atom stereocenters. The lowest BCUT2D eigenvalue weighted by Gasteiger charge is -2.12. The quantitative estimate of drug-likeness (QED) is 0.880. The Kier molecular flexibility index (Phi) is 3.04. The van der Waals surface area contributed by atoms with Crippen molar-refractivity contribution in [3.05, 3.63) is 29.3 Å². The molecule has 0 radical (unpaired) electrons. The first-order valence-electron chi connectivity index (χ1n) is 6.03. The fourth-order valence-electron chi connectivity index (χ4n) is 2.48. The summed E-state index contributed by atoms with van der Waals surface area (Å²) in [5, 5.41) is -0.458. The molecule has 0 spiro atoms. The number of hydrogen-bond donors (Lipinski definition) is 1. The van der Waals surface area contributed by atoms with Crippen LogP contribution in [0.25, 0.3) is 0 Å². The molecule has 94 valence electrons. The summed E-state index contributed by atoms with van der Waals surface area (Å²) in [5.74, 6) is 0.385. The van der Waals surface area contributed by atoms with Gasteiger partial charge in [0.05, 0.1) is 10.1 Å². The lowest BCUT2D eigenvalue weighted by Crippen LogP contribution is -2.25. The molecule has 2 atom stereocenters. The van der Waals surface area contributed by atoms with E-state index in [1.807, 2.05) is 19.1 Å². The Morgan fingerprint density at radius 1 is 1.35 bits per heavy atom. The van der Waals surface area contributed by atoms with Crippen molar-refractivity contribution in [1.82, 2.24) is 0 Å². The highest BCUT2D eigenvalue weighted by atomic mass is 32.2. The highest BCUT2D eigenvalue weighted by Gasteiger charge is 2.41. The van der Waals surface area contributed by atoms with Crippen LogP contribution in [0.2, 0.25) is 0 Å². The molecule has 2 N–H and O–H groups in total. The van der Waals surface area contributed by atoms with E-state index in [9.17, 15) is 8.42 Å². The molecule has 0 saturated heterocycles. The van der Waals surface area contributed by atoms with Crippen LogP contribution in [-0.4, -0.2) is 13.7 Å². The molecule has 4 heteroatoms. The Hall–Kier alpha value is -0.870. The third-order valence-corrected chi connectivity index (χ3v) is 5.98. The Balaban J connectivity index is 2.61. The third-order valence-electron chi connectivity index (χ3n) is 3.57. The third kappa shape index (κ3) is 1.79. The minimum absolute atomic E-state index is 0.376. The van der Waals surface area contributed by atoms with Crippen LogP contribution in [0.1, 0.15) is 50.3 Å². The molecule has 17 heavy (non-hydrogen) atoms. The van der Waals surface area contributed by atoms with Crippen molar-refractivity contribution < 1.29 is 8.42 Å². The number of hydrogen-bond acceptors (Lipinski definition) is 3. The van der Waals surface area contributed by atoms with E-state index < -0.39 is 15.1 Å². The molecule has 0 amide bonds. The molecule has 3 nitrogen and oxygen atoms in total. The monoisotopic (exact) mass is 253 g/mol. The lowest BCUT2D eigenvalue weighted by atomic mass is 9.96. The Morgan fingerprint density at radius 3 is 2.53 bits per heavy atom.